The van der Waals surface area contributed by atoms with Crippen LogP contribution in [0.1, 0.15) is 5.56 Å². The zero-order chi connectivity index (χ0) is 14.5. The average molecular weight is 467 g/mol. The molecule has 0 radical (unpaired) electrons. The van der Waals surface area contributed by atoms with Gasteiger partial charge in [-0.05, 0) is 30.2 Å². The third-order valence-corrected chi connectivity index (χ3v) is 3.47. The van der Waals surface area contributed by atoms with E-state index in [1.54, 1.807) is 0 Å². The van der Waals surface area contributed by atoms with Crippen LogP contribution in [0.5, 0.6) is 5.75 Å². The molecule has 0 bridgehead atoms. The van der Waals surface area contributed by atoms with Gasteiger partial charge in [0.05, 0.1) is 0 Å². The molecule has 0 unspecified atom stereocenters. The summed E-state index contributed by atoms with van der Waals surface area (Å²) < 4.78 is 16.0. The Morgan fingerprint density at radius 2 is 1.55 bits per heavy atom. The van der Waals surface area contributed by atoms with Crippen LogP contribution in [0.25, 0.3) is 11.1 Å². The monoisotopic (exact) mass is 467 g/mol. The number of rotatable bonds is 6. The van der Waals surface area contributed by atoms with Gasteiger partial charge in [-0.25, -0.2) is 5.92 Å². The summed E-state index contributed by atoms with van der Waals surface area (Å²) in [6, 6.07) is 16.6. The molecule has 2 aromatic rings. The smallest absolute Gasteiger partial charge is 0.186 e. The van der Waals surface area contributed by atoms with Gasteiger partial charge in [0.15, 0.2) is 6.79 Å². The van der Waals surface area contributed by atoms with Crippen molar-refractivity contribution < 1.29 is 35.3 Å². The predicted octanol–water partition coefficient (Wildman–Crippen LogP) is 3.62. The van der Waals surface area contributed by atoms with Crippen LogP contribution < -0.4 is 4.74 Å². The third-order valence-electron chi connectivity index (χ3n) is 3.47. The molecule has 1 saturated heterocycles. The Morgan fingerprint density at radius 1 is 0.955 bits per heavy atom. The van der Waals surface area contributed by atoms with Gasteiger partial charge >= 0.3 is 0 Å². The second kappa shape index (κ2) is 8.47. The van der Waals surface area contributed by atoms with Gasteiger partial charge in [-0.3, -0.25) is 0 Å². The number of hydrogen-bond donors (Lipinski definition) is 0. The topological polar surface area (TPSA) is 27.7 Å². The third kappa shape index (κ3) is 4.67. The summed E-state index contributed by atoms with van der Waals surface area (Å²) in [7, 11) is 0. The molecule has 0 spiro atoms. The Kier molecular flexibility index (Phi) is 6.63. The summed E-state index contributed by atoms with van der Waals surface area (Å²) in [5, 5.41) is 0. The van der Waals surface area contributed by atoms with Crippen LogP contribution in [0, 0.1) is 12.8 Å². The summed E-state index contributed by atoms with van der Waals surface area (Å²) in [6.07, 6.45) is 0. The molecule has 0 N–H and O–H groups in total. The van der Waals surface area contributed by atoms with Crippen molar-refractivity contribution in [2.24, 2.45) is 0 Å². The van der Waals surface area contributed by atoms with E-state index in [0.717, 1.165) is 19.0 Å². The molecular formula is C18H19O3W-. The van der Waals surface area contributed by atoms with Crippen LogP contribution in [0.15, 0.2) is 48.5 Å². The molecule has 3 rings (SSSR count). The molecule has 1 aliphatic heterocycles. The van der Waals surface area contributed by atoms with E-state index < -0.39 is 0 Å². The van der Waals surface area contributed by atoms with E-state index in [1.807, 2.05) is 12.1 Å². The SMILES string of the molecule is Cc1ccc(-c2ccc(OCOC[C-]3COC3)cc2)cc1.[W]. The number of benzene rings is 2. The normalized spacial score (nSPS) is 14.0. The standard InChI is InChI=1S/C18H19O3.W/c1-14-2-4-16(5-3-14)17-6-8-18(9-7-17)21-13-20-12-15-10-19-11-15;/h2-9H,10-13H2,1H3;/q-1;. The second-order valence-electron chi connectivity index (χ2n) is 5.24. The Labute approximate surface area is 145 Å². The van der Waals surface area contributed by atoms with Crippen LogP contribution in [-0.2, 0) is 30.5 Å². The first-order valence-corrected chi connectivity index (χ1v) is 7.10. The zero-order valence-electron chi connectivity index (χ0n) is 12.6. The van der Waals surface area contributed by atoms with Crippen LogP contribution >= 0.6 is 0 Å². The molecule has 0 aliphatic carbocycles. The van der Waals surface area contributed by atoms with Gasteiger partial charge in [0.2, 0.25) is 0 Å². The van der Waals surface area contributed by atoms with Crippen molar-refractivity contribution in [3.05, 3.63) is 60.0 Å². The van der Waals surface area contributed by atoms with Crippen LogP contribution in [0.2, 0.25) is 0 Å². The maximum absolute atomic E-state index is 5.56. The molecule has 0 aromatic heterocycles. The maximum atomic E-state index is 5.56. The fraction of sp³-hybridized carbons (Fsp3) is 0.278. The van der Waals surface area contributed by atoms with Crippen LogP contribution in [-0.4, -0.2) is 26.6 Å². The minimum Gasteiger partial charge on any atom is -0.468 e. The molecule has 3 nitrogen and oxygen atoms in total. The van der Waals surface area contributed by atoms with E-state index in [2.05, 4.69) is 43.3 Å². The molecule has 1 fully saturated rings. The van der Waals surface area contributed by atoms with Crippen LogP contribution in [0.3, 0.4) is 0 Å². The van der Waals surface area contributed by atoms with Crippen molar-refractivity contribution >= 4 is 0 Å². The van der Waals surface area contributed by atoms with E-state index in [1.165, 1.54) is 22.6 Å². The molecular weight excluding hydrogens is 448 g/mol. The number of ether oxygens (including phenoxy) is 3. The first-order valence-electron chi connectivity index (χ1n) is 7.10. The van der Waals surface area contributed by atoms with E-state index in [-0.39, 0.29) is 27.9 Å². The van der Waals surface area contributed by atoms with Crippen molar-refractivity contribution in [3.63, 3.8) is 0 Å². The van der Waals surface area contributed by atoms with Gasteiger partial charge < -0.3 is 14.2 Å². The Balaban J connectivity index is 0.00000176. The summed E-state index contributed by atoms with van der Waals surface area (Å²) in [5.41, 5.74) is 3.67. The first kappa shape index (κ1) is 17.2. The van der Waals surface area contributed by atoms with Crippen molar-refractivity contribution in [2.45, 2.75) is 6.92 Å². The summed E-state index contributed by atoms with van der Waals surface area (Å²) in [6.45, 7) is 4.44. The summed E-state index contributed by atoms with van der Waals surface area (Å²) in [5.74, 6) is 2.11. The molecule has 22 heavy (non-hydrogen) atoms. The fourth-order valence-electron chi connectivity index (χ4n) is 2.12. The Bertz CT molecular complexity index is 562. The minimum absolute atomic E-state index is 0. The molecule has 2 aromatic carbocycles. The average Bonchev–Trinajstić information content (AvgIpc) is 2.47. The largest absolute Gasteiger partial charge is 0.468 e. The van der Waals surface area contributed by atoms with Crippen LogP contribution in [0.4, 0.5) is 0 Å². The van der Waals surface area contributed by atoms with E-state index >= 15 is 0 Å². The Morgan fingerprint density at radius 3 is 2.09 bits per heavy atom. The molecule has 116 valence electrons. The molecule has 0 saturated carbocycles. The maximum Gasteiger partial charge on any atom is 0.186 e. The molecule has 1 heterocycles. The van der Waals surface area contributed by atoms with Crippen molar-refractivity contribution in [3.8, 4) is 16.9 Å². The molecule has 0 atom stereocenters. The number of aryl methyl sites for hydroxylation is 1. The first-order chi connectivity index (χ1) is 10.3. The minimum atomic E-state index is 0. The molecule has 1 aliphatic rings. The molecule has 0 amide bonds. The second-order valence-corrected chi connectivity index (χ2v) is 5.24. The Hall–Kier alpha value is -1.15. The van der Waals surface area contributed by atoms with Crippen molar-refractivity contribution in [1.29, 1.82) is 0 Å². The van der Waals surface area contributed by atoms with Gasteiger partial charge in [-0.2, -0.15) is 0 Å². The quantitative estimate of drug-likeness (QED) is 0.369. The van der Waals surface area contributed by atoms with Crippen molar-refractivity contribution in [1.82, 2.24) is 0 Å². The molecule has 4 heteroatoms. The fourth-order valence-corrected chi connectivity index (χ4v) is 2.12. The van der Waals surface area contributed by atoms with Gasteiger partial charge in [0.1, 0.15) is 5.75 Å². The zero-order valence-corrected chi connectivity index (χ0v) is 15.5. The number of hydrogen-bond acceptors (Lipinski definition) is 3. The van der Waals surface area contributed by atoms with Gasteiger partial charge in [0, 0.05) is 21.1 Å². The summed E-state index contributed by atoms with van der Waals surface area (Å²) >= 11 is 0. The van der Waals surface area contributed by atoms with E-state index in [4.69, 9.17) is 14.2 Å². The van der Waals surface area contributed by atoms with Gasteiger partial charge in [-0.1, -0.05) is 61.8 Å². The van der Waals surface area contributed by atoms with E-state index in [0.29, 0.717) is 6.61 Å². The van der Waals surface area contributed by atoms with Crippen molar-refractivity contribution in [2.75, 3.05) is 26.6 Å². The van der Waals surface area contributed by atoms with Gasteiger partial charge in [0.25, 0.3) is 0 Å². The van der Waals surface area contributed by atoms with Gasteiger partial charge in [-0.15, -0.1) is 0 Å². The summed E-state index contributed by atoms with van der Waals surface area (Å²) in [4.78, 5) is 0. The van der Waals surface area contributed by atoms with E-state index in [9.17, 15) is 0 Å². The predicted molar refractivity (Wildman–Crippen MR) is 82.1 cm³/mol.